The summed E-state index contributed by atoms with van der Waals surface area (Å²) in [6.45, 7) is 15.7. The molecule has 0 aromatic carbocycles. The summed E-state index contributed by atoms with van der Waals surface area (Å²) in [7, 11) is 0. The van der Waals surface area contributed by atoms with Crippen LogP contribution in [0.2, 0.25) is 0 Å². The summed E-state index contributed by atoms with van der Waals surface area (Å²) in [5.41, 5.74) is 4.97. The number of aromatic nitrogens is 3. The zero-order valence-corrected chi connectivity index (χ0v) is 19.6. The van der Waals surface area contributed by atoms with Gasteiger partial charge in [-0.15, -0.1) is 11.3 Å². The summed E-state index contributed by atoms with van der Waals surface area (Å²) in [5, 5.41) is 3.41. The maximum atomic E-state index is 4.88. The van der Waals surface area contributed by atoms with Crippen LogP contribution in [0.3, 0.4) is 0 Å². The van der Waals surface area contributed by atoms with E-state index in [0.717, 1.165) is 18.5 Å². The van der Waals surface area contributed by atoms with Gasteiger partial charge in [-0.2, -0.15) is 0 Å². The molecule has 0 radical (unpaired) electrons. The van der Waals surface area contributed by atoms with Gasteiger partial charge in [0.15, 0.2) is 0 Å². The fraction of sp³-hybridized carbons (Fsp3) is 0.480. The van der Waals surface area contributed by atoms with Gasteiger partial charge in [-0.3, -0.25) is 9.97 Å². The first-order valence-electron chi connectivity index (χ1n) is 10.3. The van der Waals surface area contributed by atoms with Crippen LogP contribution in [-0.2, 0) is 29.1 Å². The van der Waals surface area contributed by atoms with Crippen molar-refractivity contribution in [2.45, 2.75) is 77.6 Å². The Morgan fingerprint density at radius 3 is 1.93 bits per heavy atom. The molecule has 29 heavy (non-hydrogen) atoms. The molecule has 0 saturated carbocycles. The normalized spacial score (nSPS) is 12.9. The molecule has 3 aromatic rings. The summed E-state index contributed by atoms with van der Waals surface area (Å²) >= 11 is 1.77. The first-order valence-corrected chi connectivity index (χ1v) is 11.2. The van der Waals surface area contributed by atoms with Crippen LogP contribution in [-0.4, -0.2) is 15.0 Å². The summed E-state index contributed by atoms with van der Waals surface area (Å²) < 4.78 is 0. The number of nitrogens with zero attached hydrogens (tertiary/aromatic N) is 3. The van der Waals surface area contributed by atoms with Gasteiger partial charge in [0, 0.05) is 35.1 Å². The predicted molar refractivity (Wildman–Crippen MR) is 123 cm³/mol. The van der Waals surface area contributed by atoms with E-state index in [0.29, 0.717) is 0 Å². The maximum absolute atomic E-state index is 4.88. The van der Waals surface area contributed by atoms with E-state index in [9.17, 15) is 0 Å². The highest BCUT2D eigenvalue weighted by Crippen LogP contribution is 2.32. The topological polar surface area (TPSA) is 38.7 Å². The third kappa shape index (κ3) is 5.30. The van der Waals surface area contributed by atoms with Crippen LogP contribution in [0, 0.1) is 0 Å². The molecular formula is C25H33N3S. The molecule has 0 aliphatic rings. The number of pyridine rings is 2. The predicted octanol–water partition coefficient (Wildman–Crippen LogP) is 6.27. The SMILES string of the molecule is CC(C)(C)c1nc(CC(C)(C)c2ccc(CC(C)(C)c3ccncc3)nc2)cs1. The first-order chi connectivity index (χ1) is 13.5. The van der Waals surface area contributed by atoms with E-state index in [-0.39, 0.29) is 16.2 Å². The minimum absolute atomic E-state index is 0.00459. The first kappa shape index (κ1) is 21.6. The number of hydrogen-bond donors (Lipinski definition) is 0. The Morgan fingerprint density at radius 2 is 1.38 bits per heavy atom. The van der Waals surface area contributed by atoms with Crippen molar-refractivity contribution in [2.24, 2.45) is 0 Å². The standard InChI is InChI=1S/C25H33N3S/c1-23(2,3)22-28-21(17-29-22)15-25(6,7)19-8-9-20(27-16-19)14-24(4,5)18-10-12-26-13-11-18/h8-13,16-17H,14-15H2,1-7H3. The lowest BCUT2D eigenvalue weighted by Gasteiger charge is -2.26. The molecule has 3 aromatic heterocycles. The van der Waals surface area contributed by atoms with Crippen molar-refractivity contribution < 1.29 is 0 Å². The summed E-state index contributed by atoms with van der Waals surface area (Å²) in [6.07, 6.45) is 7.59. The van der Waals surface area contributed by atoms with Crippen LogP contribution in [0.5, 0.6) is 0 Å². The fourth-order valence-electron chi connectivity index (χ4n) is 3.57. The molecule has 0 amide bonds. The maximum Gasteiger partial charge on any atom is 0.0981 e. The van der Waals surface area contributed by atoms with Crippen molar-refractivity contribution in [3.63, 3.8) is 0 Å². The van der Waals surface area contributed by atoms with Gasteiger partial charge in [0.1, 0.15) is 0 Å². The fourth-order valence-corrected chi connectivity index (χ4v) is 4.48. The lowest BCUT2D eigenvalue weighted by Crippen LogP contribution is -2.23. The van der Waals surface area contributed by atoms with Crippen molar-refractivity contribution in [3.8, 4) is 0 Å². The van der Waals surface area contributed by atoms with Crippen LogP contribution in [0.15, 0.2) is 48.2 Å². The van der Waals surface area contributed by atoms with E-state index in [2.05, 4.69) is 89.3 Å². The van der Waals surface area contributed by atoms with E-state index >= 15 is 0 Å². The zero-order valence-electron chi connectivity index (χ0n) is 18.8. The number of rotatable bonds is 6. The van der Waals surface area contributed by atoms with Gasteiger partial charge in [-0.1, -0.05) is 54.5 Å². The molecule has 0 aliphatic heterocycles. The van der Waals surface area contributed by atoms with Crippen molar-refractivity contribution in [2.75, 3.05) is 0 Å². The Morgan fingerprint density at radius 1 is 0.759 bits per heavy atom. The van der Waals surface area contributed by atoms with Gasteiger partial charge < -0.3 is 0 Å². The second-order valence-electron chi connectivity index (χ2n) is 10.3. The molecule has 4 heteroatoms. The molecule has 3 heterocycles. The highest BCUT2D eigenvalue weighted by molar-refractivity contribution is 7.09. The van der Waals surface area contributed by atoms with Crippen LogP contribution in [0.4, 0.5) is 0 Å². The molecule has 0 atom stereocenters. The molecule has 0 bridgehead atoms. The summed E-state index contributed by atoms with van der Waals surface area (Å²) in [6, 6.07) is 8.61. The van der Waals surface area contributed by atoms with E-state index < -0.39 is 0 Å². The molecule has 154 valence electrons. The number of hydrogen-bond acceptors (Lipinski definition) is 4. The second kappa shape index (κ2) is 7.98. The zero-order chi connectivity index (χ0) is 21.3. The van der Waals surface area contributed by atoms with Gasteiger partial charge in [0.05, 0.1) is 10.7 Å². The third-order valence-corrected chi connectivity index (χ3v) is 6.82. The van der Waals surface area contributed by atoms with E-state index in [1.807, 2.05) is 12.4 Å². The van der Waals surface area contributed by atoms with E-state index in [1.54, 1.807) is 11.3 Å². The highest BCUT2D eigenvalue weighted by atomic mass is 32.1. The minimum Gasteiger partial charge on any atom is -0.265 e. The van der Waals surface area contributed by atoms with Crippen molar-refractivity contribution in [1.29, 1.82) is 0 Å². The van der Waals surface area contributed by atoms with Gasteiger partial charge in [-0.05, 0) is 53.0 Å². The molecule has 3 rings (SSSR count). The Hall–Kier alpha value is -2.07. The lowest BCUT2D eigenvalue weighted by atomic mass is 9.79. The smallest absolute Gasteiger partial charge is 0.0981 e. The van der Waals surface area contributed by atoms with Crippen LogP contribution in [0.25, 0.3) is 0 Å². The third-order valence-electron chi connectivity index (χ3n) is 5.51. The Kier molecular flexibility index (Phi) is 5.96. The van der Waals surface area contributed by atoms with Crippen LogP contribution < -0.4 is 0 Å². The van der Waals surface area contributed by atoms with Crippen molar-refractivity contribution in [1.82, 2.24) is 15.0 Å². The highest BCUT2D eigenvalue weighted by Gasteiger charge is 2.26. The van der Waals surface area contributed by atoms with Gasteiger partial charge >= 0.3 is 0 Å². The Balaban J connectivity index is 1.72. The second-order valence-corrected chi connectivity index (χ2v) is 11.1. The Bertz CT molecular complexity index is 932. The molecule has 3 nitrogen and oxygen atoms in total. The molecule has 0 spiro atoms. The average Bonchev–Trinajstić information content (AvgIpc) is 3.11. The lowest BCUT2D eigenvalue weighted by molar-refractivity contribution is 0.502. The molecular weight excluding hydrogens is 374 g/mol. The monoisotopic (exact) mass is 407 g/mol. The number of thiazole rings is 1. The van der Waals surface area contributed by atoms with Gasteiger partial charge in [-0.25, -0.2) is 4.98 Å². The quantitative estimate of drug-likeness (QED) is 0.483. The van der Waals surface area contributed by atoms with Crippen LogP contribution >= 0.6 is 11.3 Å². The Labute approximate surface area is 179 Å². The van der Waals surface area contributed by atoms with E-state index in [4.69, 9.17) is 9.97 Å². The minimum atomic E-state index is -0.00459. The summed E-state index contributed by atoms with van der Waals surface area (Å²) in [4.78, 5) is 13.8. The van der Waals surface area contributed by atoms with Crippen molar-refractivity contribution in [3.05, 3.63) is 75.8 Å². The van der Waals surface area contributed by atoms with E-state index in [1.165, 1.54) is 21.8 Å². The van der Waals surface area contributed by atoms with Crippen molar-refractivity contribution >= 4 is 11.3 Å². The molecule has 0 aliphatic carbocycles. The molecule has 0 saturated heterocycles. The molecule has 0 N–H and O–H groups in total. The molecule has 0 fully saturated rings. The molecule has 0 unspecified atom stereocenters. The van der Waals surface area contributed by atoms with Gasteiger partial charge in [0.25, 0.3) is 0 Å². The largest absolute Gasteiger partial charge is 0.265 e. The summed E-state index contributed by atoms with van der Waals surface area (Å²) in [5.74, 6) is 0. The van der Waals surface area contributed by atoms with Crippen LogP contribution in [0.1, 0.15) is 76.0 Å². The average molecular weight is 408 g/mol. The van der Waals surface area contributed by atoms with Gasteiger partial charge in [0.2, 0.25) is 0 Å².